The van der Waals surface area contributed by atoms with E-state index in [0.29, 0.717) is 6.42 Å². The number of hydrogen-bond donors (Lipinski definition) is 0. The van der Waals surface area contributed by atoms with Crippen LogP contribution in [0.5, 0.6) is 0 Å². The average Bonchev–Trinajstić information content (AvgIpc) is 2.64. The van der Waals surface area contributed by atoms with Gasteiger partial charge in [-0.1, -0.05) is 64.0 Å². The molecular formula is C22H28F3N. The van der Waals surface area contributed by atoms with Crippen molar-refractivity contribution in [1.82, 2.24) is 4.98 Å². The van der Waals surface area contributed by atoms with Gasteiger partial charge in [0.25, 0.3) is 0 Å². The Labute approximate surface area is 154 Å². The van der Waals surface area contributed by atoms with Crippen LogP contribution in [0.15, 0.2) is 42.6 Å². The van der Waals surface area contributed by atoms with E-state index in [4.69, 9.17) is 0 Å². The first-order chi connectivity index (χ1) is 12.5. The minimum atomic E-state index is -4.31. The number of hydrogen-bond acceptors (Lipinski definition) is 1. The summed E-state index contributed by atoms with van der Waals surface area (Å²) in [5.41, 5.74) is 1.70. The monoisotopic (exact) mass is 363 g/mol. The predicted molar refractivity (Wildman–Crippen MR) is 101 cm³/mol. The first kappa shape index (κ1) is 20.5. The lowest BCUT2D eigenvalue weighted by Crippen LogP contribution is -2.06. The number of rotatable bonds is 10. The second-order valence-electron chi connectivity index (χ2n) is 6.81. The molecule has 0 radical (unpaired) electrons. The zero-order valence-corrected chi connectivity index (χ0v) is 15.5. The lowest BCUT2D eigenvalue weighted by molar-refractivity contribution is -0.137. The maximum absolute atomic E-state index is 13.1. The van der Waals surface area contributed by atoms with Crippen LogP contribution in [-0.2, 0) is 12.6 Å². The molecule has 0 aliphatic carbocycles. The van der Waals surface area contributed by atoms with Crippen LogP contribution >= 0.6 is 0 Å². The number of alkyl halides is 3. The quantitative estimate of drug-likeness (QED) is 0.399. The molecule has 1 aromatic heterocycles. The van der Waals surface area contributed by atoms with Gasteiger partial charge >= 0.3 is 6.18 Å². The van der Waals surface area contributed by atoms with Gasteiger partial charge in [-0.05, 0) is 42.7 Å². The molecule has 26 heavy (non-hydrogen) atoms. The van der Waals surface area contributed by atoms with E-state index in [2.05, 4.69) is 11.9 Å². The van der Waals surface area contributed by atoms with Gasteiger partial charge in [-0.15, -0.1) is 0 Å². The van der Waals surface area contributed by atoms with E-state index in [9.17, 15) is 13.2 Å². The molecule has 1 nitrogen and oxygen atoms in total. The highest BCUT2D eigenvalue weighted by atomic mass is 19.4. The van der Waals surface area contributed by atoms with Crippen molar-refractivity contribution in [3.63, 3.8) is 0 Å². The van der Waals surface area contributed by atoms with Gasteiger partial charge < -0.3 is 0 Å². The molecule has 0 aliphatic heterocycles. The highest BCUT2D eigenvalue weighted by Gasteiger charge is 2.31. The van der Waals surface area contributed by atoms with Gasteiger partial charge in [0.05, 0.1) is 11.3 Å². The van der Waals surface area contributed by atoms with E-state index < -0.39 is 11.7 Å². The lowest BCUT2D eigenvalue weighted by atomic mass is 9.95. The Bertz CT molecular complexity index is 650. The second kappa shape index (κ2) is 10.3. The molecule has 0 saturated heterocycles. The first-order valence-corrected chi connectivity index (χ1v) is 9.64. The van der Waals surface area contributed by atoms with Gasteiger partial charge in [-0.3, -0.25) is 4.98 Å². The van der Waals surface area contributed by atoms with Crippen molar-refractivity contribution >= 4 is 0 Å². The van der Waals surface area contributed by atoms with Crippen LogP contribution in [0, 0.1) is 0 Å². The molecule has 0 saturated carbocycles. The molecule has 0 fully saturated rings. The number of unbranched alkanes of at least 4 members (excludes halogenated alkanes) is 7. The Kier molecular flexibility index (Phi) is 8.14. The van der Waals surface area contributed by atoms with E-state index in [1.807, 2.05) is 18.2 Å². The minimum absolute atomic E-state index is 0.577. The standard InChI is InChI=1S/C22H28F3N/c1-2-3-4-5-6-7-8-9-12-18-17-19(22(23,24)25)14-15-20(18)21-13-10-11-16-26-21/h10-11,13-17H,2-9,12H2,1H3. The molecule has 0 unspecified atom stereocenters. The van der Waals surface area contributed by atoms with Crippen LogP contribution in [0.4, 0.5) is 13.2 Å². The third-order valence-corrected chi connectivity index (χ3v) is 4.67. The Morgan fingerprint density at radius 2 is 1.54 bits per heavy atom. The second-order valence-corrected chi connectivity index (χ2v) is 6.81. The summed E-state index contributed by atoms with van der Waals surface area (Å²) in [6.45, 7) is 2.20. The summed E-state index contributed by atoms with van der Waals surface area (Å²) in [4.78, 5) is 4.31. The van der Waals surface area contributed by atoms with Crippen molar-refractivity contribution in [3.05, 3.63) is 53.7 Å². The molecule has 0 aliphatic rings. The van der Waals surface area contributed by atoms with Crippen molar-refractivity contribution in [2.75, 3.05) is 0 Å². The number of aryl methyl sites for hydroxylation is 1. The van der Waals surface area contributed by atoms with Crippen molar-refractivity contribution < 1.29 is 13.2 Å². The summed E-state index contributed by atoms with van der Waals surface area (Å²) >= 11 is 0. The molecule has 2 rings (SSSR count). The van der Waals surface area contributed by atoms with Crippen LogP contribution in [0.25, 0.3) is 11.3 Å². The Morgan fingerprint density at radius 1 is 0.846 bits per heavy atom. The van der Waals surface area contributed by atoms with Crippen molar-refractivity contribution in [2.45, 2.75) is 70.9 Å². The van der Waals surface area contributed by atoms with Crippen LogP contribution in [0.1, 0.15) is 69.4 Å². The molecule has 1 aromatic carbocycles. The van der Waals surface area contributed by atoms with Crippen LogP contribution in [0.2, 0.25) is 0 Å². The molecule has 1 heterocycles. The fourth-order valence-corrected chi connectivity index (χ4v) is 3.20. The Morgan fingerprint density at radius 3 is 2.15 bits per heavy atom. The fraction of sp³-hybridized carbons (Fsp3) is 0.500. The van der Waals surface area contributed by atoms with Gasteiger partial charge in [0, 0.05) is 11.8 Å². The van der Waals surface area contributed by atoms with Gasteiger partial charge in [-0.25, -0.2) is 0 Å². The van der Waals surface area contributed by atoms with Crippen LogP contribution in [-0.4, -0.2) is 4.98 Å². The fourth-order valence-electron chi connectivity index (χ4n) is 3.20. The minimum Gasteiger partial charge on any atom is -0.256 e. The number of nitrogens with zero attached hydrogens (tertiary/aromatic N) is 1. The summed E-state index contributed by atoms with van der Waals surface area (Å²) in [5, 5.41) is 0. The van der Waals surface area contributed by atoms with Crippen molar-refractivity contribution in [1.29, 1.82) is 0 Å². The SMILES string of the molecule is CCCCCCCCCCc1cc(C(F)(F)F)ccc1-c1ccccn1. The molecule has 0 bridgehead atoms. The van der Waals surface area contributed by atoms with Crippen molar-refractivity contribution in [3.8, 4) is 11.3 Å². The third kappa shape index (κ3) is 6.47. The topological polar surface area (TPSA) is 12.9 Å². The molecule has 0 spiro atoms. The van der Waals surface area contributed by atoms with Crippen molar-refractivity contribution in [2.24, 2.45) is 0 Å². The molecule has 4 heteroatoms. The summed E-state index contributed by atoms with van der Waals surface area (Å²) in [6.07, 6.45) is 7.44. The van der Waals surface area contributed by atoms with Gasteiger partial charge in [-0.2, -0.15) is 13.2 Å². The maximum Gasteiger partial charge on any atom is 0.416 e. The maximum atomic E-state index is 13.1. The molecule has 0 N–H and O–H groups in total. The summed E-state index contributed by atoms with van der Waals surface area (Å²) < 4.78 is 39.2. The largest absolute Gasteiger partial charge is 0.416 e. The smallest absolute Gasteiger partial charge is 0.256 e. The van der Waals surface area contributed by atoms with Gasteiger partial charge in [0.2, 0.25) is 0 Å². The first-order valence-electron chi connectivity index (χ1n) is 9.64. The third-order valence-electron chi connectivity index (χ3n) is 4.67. The summed E-state index contributed by atoms with van der Waals surface area (Å²) in [6, 6.07) is 9.53. The zero-order valence-electron chi connectivity index (χ0n) is 15.5. The molecule has 2 aromatic rings. The number of benzene rings is 1. The van der Waals surface area contributed by atoms with E-state index >= 15 is 0 Å². The predicted octanol–water partition coefficient (Wildman–Crippen LogP) is 7.45. The molecule has 142 valence electrons. The van der Waals surface area contributed by atoms with Crippen LogP contribution in [0.3, 0.4) is 0 Å². The zero-order chi connectivity index (χ0) is 18.8. The van der Waals surface area contributed by atoms with E-state index in [1.54, 1.807) is 12.3 Å². The Hall–Kier alpha value is -1.84. The normalized spacial score (nSPS) is 11.7. The van der Waals surface area contributed by atoms with Crippen LogP contribution < -0.4 is 0 Å². The van der Waals surface area contributed by atoms with E-state index in [-0.39, 0.29) is 0 Å². The van der Waals surface area contributed by atoms with E-state index in [1.165, 1.54) is 38.2 Å². The van der Waals surface area contributed by atoms with E-state index in [0.717, 1.165) is 42.1 Å². The van der Waals surface area contributed by atoms with Gasteiger partial charge in [0.1, 0.15) is 0 Å². The molecule has 0 atom stereocenters. The average molecular weight is 363 g/mol. The highest BCUT2D eigenvalue weighted by molar-refractivity contribution is 5.64. The lowest BCUT2D eigenvalue weighted by Gasteiger charge is -2.13. The summed E-state index contributed by atoms with van der Waals surface area (Å²) in [5.74, 6) is 0. The number of pyridine rings is 1. The molecular weight excluding hydrogens is 335 g/mol. The van der Waals surface area contributed by atoms with Gasteiger partial charge in [0.15, 0.2) is 0 Å². The molecule has 0 amide bonds. The highest BCUT2D eigenvalue weighted by Crippen LogP contribution is 2.33. The number of aromatic nitrogens is 1. The number of halogens is 3. The Balaban J connectivity index is 2.00. The summed E-state index contributed by atoms with van der Waals surface area (Å²) in [7, 11) is 0.